The smallest absolute Gasteiger partial charge is 0.161 e. The molecule has 1 fully saturated rings. The molecular weight excluding hydrogens is 216 g/mol. The standard InChI is InChI=1S/C14H22O3/c1-3-4-6-11(15)7-5-8-12-10(2)13(16)9-14(12)17/h5,8,11-12,14-15,17H,2-4,6-7,9H2,1H3/b8-5+/t11-,12-,14-/m1/s1. The van der Waals surface area contributed by atoms with Gasteiger partial charge in [0.05, 0.1) is 12.2 Å². The molecule has 3 atom stereocenters. The van der Waals surface area contributed by atoms with Gasteiger partial charge in [0.1, 0.15) is 0 Å². The van der Waals surface area contributed by atoms with Crippen molar-refractivity contribution in [3.63, 3.8) is 0 Å². The highest BCUT2D eigenvalue weighted by Gasteiger charge is 2.33. The predicted octanol–water partition coefficient (Wildman–Crippen LogP) is 1.99. The van der Waals surface area contributed by atoms with Gasteiger partial charge in [-0.2, -0.15) is 0 Å². The number of carbonyl (C=O) groups is 1. The van der Waals surface area contributed by atoms with E-state index in [0.717, 1.165) is 19.3 Å². The minimum Gasteiger partial charge on any atom is -0.393 e. The number of aliphatic hydroxyl groups is 2. The van der Waals surface area contributed by atoms with E-state index in [9.17, 15) is 15.0 Å². The van der Waals surface area contributed by atoms with Crippen LogP contribution in [0.1, 0.15) is 39.0 Å². The molecule has 0 saturated heterocycles. The normalized spacial score (nSPS) is 27.0. The number of unbranched alkanes of at least 4 members (excludes halogenated alkanes) is 1. The number of hydrogen-bond donors (Lipinski definition) is 2. The van der Waals surface area contributed by atoms with E-state index in [2.05, 4.69) is 13.5 Å². The van der Waals surface area contributed by atoms with E-state index in [0.29, 0.717) is 12.0 Å². The third kappa shape index (κ3) is 4.10. The summed E-state index contributed by atoms with van der Waals surface area (Å²) in [6.07, 6.45) is 6.32. The SMILES string of the molecule is C=C1C(=O)C[C@@H](O)[C@@H]1/C=C/C[C@H](O)CCCC. The van der Waals surface area contributed by atoms with Gasteiger partial charge < -0.3 is 10.2 Å². The number of hydrogen-bond acceptors (Lipinski definition) is 3. The largest absolute Gasteiger partial charge is 0.393 e. The van der Waals surface area contributed by atoms with Crippen LogP contribution in [0.2, 0.25) is 0 Å². The maximum atomic E-state index is 11.3. The molecule has 0 aliphatic heterocycles. The molecule has 0 aromatic carbocycles. The maximum absolute atomic E-state index is 11.3. The molecule has 0 spiro atoms. The van der Waals surface area contributed by atoms with Gasteiger partial charge in [-0.15, -0.1) is 0 Å². The number of Topliss-reactive ketones (excluding diaryl/α,β-unsaturated/α-hetero) is 1. The Kier molecular flexibility index (Phi) is 5.59. The van der Waals surface area contributed by atoms with E-state index >= 15 is 0 Å². The van der Waals surface area contributed by atoms with Crippen LogP contribution in [-0.2, 0) is 4.79 Å². The summed E-state index contributed by atoms with van der Waals surface area (Å²) in [7, 11) is 0. The topological polar surface area (TPSA) is 57.5 Å². The zero-order valence-electron chi connectivity index (χ0n) is 10.4. The summed E-state index contributed by atoms with van der Waals surface area (Å²) in [6.45, 7) is 5.78. The van der Waals surface area contributed by atoms with Crippen LogP contribution in [0.15, 0.2) is 24.3 Å². The lowest BCUT2D eigenvalue weighted by atomic mass is 10.00. The van der Waals surface area contributed by atoms with Gasteiger partial charge in [-0.25, -0.2) is 0 Å². The van der Waals surface area contributed by atoms with Crippen molar-refractivity contribution in [1.82, 2.24) is 0 Å². The Morgan fingerprint density at radius 1 is 1.59 bits per heavy atom. The Morgan fingerprint density at radius 3 is 2.82 bits per heavy atom. The first-order valence-electron chi connectivity index (χ1n) is 6.31. The average molecular weight is 238 g/mol. The minimum absolute atomic E-state index is 0.0568. The van der Waals surface area contributed by atoms with Gasteiger partial charge in [-0.05, 0) is 18.4 Å². The van der Waals surface area contributed by atoms with Crippen LogP contribution in [0.4, 0.5) is 0 Å². The molecule has 17 heavy (non-hydrogen) atoms. The van der Waals surface area contributed by atoms with Gasteiger partial charge in [-0.1, -0.05) is 38.5 Å². The van der Waals surface area contributed by atoms with Crippen molar-refractivity contribution in [1.29, 1.82) is 0 Å². The van der Waals surface area contributed by atoms with Gasteiger partial charge >= 0.3 is 0 Å². The van der Waals surface area contributed by atoms with Gasteiger partial charge in [-0.3, -0.25) is 4.79 Å². The highest BCUT2D eigenvalue weighted by atomic mass is 16.3. The molecule has 1 aliphatic carbocycles. The minimum atomic E-state index is -0.640. The number of carbonyl (C=O) groups excluding carboxylic acids is 1. The van der Waals surface area contributed by atoms with E-state index in [1.807, 2.05) is 6.08 Å². The molecule has 1 saturated carbocycles. The van der Waals surface area contributed by atoms with Crippen LogP contribution in [0.25, 0.3) is 0 Å². The van der Waals surface area contributed by atoms with Crippen LogP contribution in [-0.4, -0.2) is 28.2 Å². The van der Waals surface area contributed by atoms with Crippen LogP contribution < -0.4 is 0 Å². The second-order valence-electron chi connectivity index (χ2n) is 4.71. The van der Waals surface area contributed by atoms with E-state index in [1.165, 1.54) is 0 Å². The molecule has 0 aromatic rings. The predicted molar refractivity (Wildman–Crippen MR) is 67.5 cm³/mol. The van der Waals surface area contributed by atoms with Gasteiger partial charge in [0.25, 0.3) is 0 Å². The van der Waals surface area contributed by atoms with E-state index < -0.39 is 6.10 Å². The first kappa shape index (κ1) is 14.1. The lowest BCUT2D eigenvalue weighted by Crippen LogP contribution is -2.11. The van der Waals surface area contributed by atoms with Gasteiger partial charge in [0.2, 0.25) is 0 Å². The van der Waals surface area contributed by atoms with Crippen molar-refractivity contribution in [2.45, 2.75) is 51.2 Å². The molecule has 0 heterocycles. The summed E-state index contributed by atoms with van der Waals surface area (Å²) >= 11 is 0. The van der Waals surface area contributed by atoms with Crippen LogP contribution in [0, 0.1) is 5.92 Å². The van der Waals surface area contributed by atoms with Crippen LogP contribution in [0.5, 0.6) is 0 Å². The molecule has 96 valence electrons. The molecular formula is C14H22O3. The first-order valence-corrected chi connectivity index (χ1v) is 6.31. The molecule has 3 nitrogen and oxygen atoms in total. The van der Waals surface area contributed by atoms with E-state index in [1.54, 1.807) is 6.08 Å². The summed E-state index contributed by atoms with van der Waals surface area (Å²) < 4.78 is 0. The average Bonchev–Trinajstić information content (AvgIpc) is 2.53. The van der Waals surface area contributed by atoms with Crippen molar-refractivity contribution in [2.75, 3.05) is 0 Å². The van der Waals surface area contributed by atoms with Crippen molar-refractivity contribution < 1.29 is 15.0 Å². The Balaban J connectivity index is 2.38. The fourth-order valence-electron chi connectivity index (χ4n) is 2.05. The molecule has 1 rings (SSSR count). The molecule has 2 N–H and O–H groups in total. The lowest BCUT2D eigenvalue weighted by molar-refractivity contribution is -0.115. The fraction of sp³-hybridized carbons (Fsp3) is 0.643. The fourth-order valence-corrected chi connectivity index (χ4v) is 2.05. The second kappa shape index (κ2) is 6.72. The van der Waals surface area contributed by atoms with Crippen molar-refractivity contribution in [3.8, 4) is 0 Å². The highest BCUT2D eigenvalue weighted by Crippen LogP contribution is 2.28. The summed E-state index contributed by atoms with van der Waals surface area (Å²) in [5, 5.41) is 19.3. The number of rotatable bonds is 6. The quantitative estimate of drug-likeness (QED) is 0.549. The zero-order valence-corrected chi connectivity index (χ0v) is 10.4. The Hall–Kier alpha value is -0.930. The molecule has 0 amide bonds. The lowest BCUT2D eigenvalue weighted by Gasteiger charge is -2.10. The zero-order chi connectivity index (χ0) is 12.8. The van der Waals surface area contributed by atoms with Crippen LogP contribution in [0.3, 0.4) is 0 Å². The van der Waals surface area contributed by atoms with Crippen molar-refractivity contribution in [3.05, 3.63) is 24.3 Å². The Morgan fingerprint density at radius 2 is 2.29 bits per heavy atom. The summed E-state index contributed by atoms with van der Waals surface area (Å²) in [4.78, 5) is 11.3. The molecule has 1 aliphatic rings. The van der Waals surface area contributed by atoms with Gasteiger partial charge in [0.15, 0.2) is 5.78 Å². The third-order valence-electron chi connectivity index (χ3n) is 3.21. The summed E-state index contributed by atoms with van der Waals surface area (Å²) in [6, 6.07) is 0. The van der Waals surface area contributed by atoms with Crippen LogP contribution >= 0.6 is 0 Å². The monoisotopic (exact) mass is 238 g/mol. The molecule has 3 heteroatoms. The summed E-state index contributed by atoms with van der Waals surface area (Å²) in [5.74, 6) is -0.320. The third-order valence-corrected chi connectivity index (χ3v) is 3.21. The molecule has 0 aromatic heterocycles. The maximum Gasteiger partial charge on any atom is 0.161 e. The van der Waals surface area contributed by atoms with Crippen molar-refractivity contribution in [2.24, 2.45) is 5.92 Å². The molecule has 0 radical (unpaired) electrons. The van der Waals surface area contributed by atoms with E-state index in [4.69, 9.17) is 0 Å². The summed E-state index contributed by atoms with van der Waals surface area (Å²) in [5.41, 5.74) is 0.483. The molecule has 0 bridgehead atoms. The Bertz CT molecular complexity index is 307. The van der Waals surface area contributed by atoms with Gasteiger partial charge in [0, 0.05) is 12.3 Å². The first-order chi connectivity index (χ1) is 8.06. The highest BCUT2D eigenvalue weighted by molar-refractivity contribution is 5.98. The van der Waals surface area contributed by atoms with E-state index in [-0.39, 0.29) is 24.2 Å². The number of aliphatic hydroxyl groups excluding tert-OH is 2. The number of ketones is 1. The Labute approximate surface area is 103 Å². The van der Waals surface area contributed by atoms with Crippen molar-refractivity contribution >= 4 is 5.78 Å². The second-order valence-corrected chi connectivity index (χ2v) is 4.71. The molecule has 0 unspecified atom stereocenters.